The highest BCUT2D eigenvalue weighted by Crippen LogP contribution is 2.30. The lowest BCUT2D eigenvalue weighted by Gasteiger charge is -2.27. The lowest BCUT2D eigenvalue weighted by atomic mass is 10.0. The van der Waals surface area contributed by atoms with Crippen molar-refractivity contribution in [2.45, 2.75) is 38.3 Å². The van der Waals surface area contributed by atoms with Crippen LogP contribution in [-0.4, -0.2) is 43.5 Å². The summed E-state index contributed by atoms with van der Waals surface area (Å²) in [4.78, 5) is 20.2. The van der Waals surface area contributed by atoms with Gasteiger partial charge in [-0.05, 0) is 48.4 Å². The minimum atomic E-state index is -4.67. The van der Waals surface area contributed by atoms with Crippen LogP contribution in [0.3, 0.4) is 0 Å². The van der Waals surface area contributed by atoms with Crippen LogP contribution in [0, 0.1) is 11.6 Å². The molecule has 0 spiro atoms. The number of nitrogens with zero attached hydrogens (tertiary/aromatic N) is 4. The molecule has 4 heterocycles. The lowest BCUT2D eigenvalue weighted by Crippen LogP contribution is -2.31. The largest absolute Gasteiger partial charge is 0.478 e. The molecule has 0 saturated carbocycles. The molecule has 0 aliphatic carbocycles. The average molecular weight is 600 g/mol. The third kappa shape index (κ3) is 5.91. The number of alkyl halides is 3. The molecule has 43 heavy (non-hydrogen) atoms. The molecule has 1 saturated heterocycles. The summed E-state index contributed by atoms with van der Waals surface area (Å²) in [5, 5.41) is 12.4. The zero-order valence-corrected chi connectivity index (χ0v) is 22.1. The molecule has 5 aromatic rings. The summed E-state index contributed by atoms with van der Waals surface area (Å²) in [5.74, 6) is -2.45. The van der Waals surface area contributed by atoms with Gasteiger partial charge in [-0.3, -0.25) is 0 Å². The van der Waals surface area contributed by atoms with Gasteiger partial charge in [0.15, 0.2) is 18.1 Å². The molecule has 1 atom stereocenters. The van der Waals surface area contributed by atoms with Gasteiger partial charge in [-0.25, -0.2) is 23.5 Å². The van der Waals surface area contributed by atoms with Gasteiger partial charge in [0.1, 0.15) is 17.5 Å². The van der Waals surface area contributed by atoms with E-state index in [9.17, 15) is 23.1 Å². The van der Waals surface area contributed by atoms with Crippen molar-refractivity contribution in [2.24, 2.45) is 0 Å². The van der Waals surface area contributed by atoms with Gasteiger partial charge >= 0.3 is 12.1 Å². The number of hydrogen-bond acceptors (Lipinski definition) is 7. The van der Waals surface area contributed by atoms with Gasteiger partial charge < -0.3 is 23.7 Å². The Kier molecular flexibility index (Phi) is 7.30. The average Bonchev–Trinajstić information content (AvgIpc) is 3.56. The molecule has 0 bridgehead atoms. The highest BCUT2D eigenvalue weighted by Gasteiger charge is 2.35. The van der Waals surface area contributed by atoms with Crippen molar-refractivity contribution in [1.82, 2.24) is 19.7 Å². The van der Waals surface area contributed by atoms with Gasteiger partial charge in [-0.15, -0.1) is 0 Å². The van der Waals surface area contributed by atoms with Crippen LogP contribution in [0.4, 0.5) is 22.0 Å². The minimum absolute atomic E-state index is 0.0176. The number of hydrogen-bond donors (Lipinski definition) is 1. The summed E-state index contributed by atoms with van der Waals surface area (Å²) in [6.45, 7) is 0.559. The number of carboxylic acids is 1. The fourth-order valence-electron chi connectivity index (χ4n) is 4.67. The number of imidazole rings is 1. The number of fused-ring (bicyclic) bond motifs is 1. The SMILES string of the molecule is O=C(O)c1ccc2nc(Cc3cc(F)c(-c4cccc(OCc5cc(C(F)(F)F)no5)n4)cc3F)n(C[C@@H]3CCO3)c2c1. The van der Waals surface area contributed by atoms with Gasteiger partial charge in [-0.1, -0.05) is 11.2 Å². The van der Waals surface area contributed by atoms with Crippen molar-refractivity contribution in [1.29, 1.82) is 0 Å². The maximum atomic E-state index is 15.4. The summed E-state index contributed by atoms with van der Waals surface area (Å²) in [6, 6.07) is 11.5. The second kappa shape index (κ2) is 11.1. The van der Waals surface area contributed by atoms with E-state index in [1.165, 1.54) is 30.3 Å². The molecule has 1 N–H and O–H groups in total. The van der Waals surface area contributed by atoms with Gasteiger partial charge in [0, 0.05) is 30.7 Å². The molecule has 0 amide bonds. The molecule has 1 aliphatic rings. The van der Waals surface area contributed by atoms with E-state index in [4.69, 9.17) is 9.47 Å². The topological polar surface area (TPSA) is 113 Å². The molecule has 1 fully saturated rings. The number of pyridine rings is 1. The van der Waals surface area contributed by atoms with Crippen LogP contribution in [0.25, 0.3) is 22.3 Å². The molecular weight excluding hydrogens is 579 g/mol. The number of aromatic carboxylic acids is 1. The monoisotopic (exact) mass is 600 g/mol. The Hall–Kier alpha value is -4.85. The van der Waals surface area contributed by atoms with Crippen LogP contribution in [-0.2, 0) is 30.5 Å². The van der Waals surface area contributed by atoms with Gasteiger partial charge in [0.2, 0.25) is 5.88 Å². The lowest BCUT2D eigenvalue weighted by molar-refractivity contribution is -0.142. The first kappa shape index (κ1) is 28.3. The molecular formula is C29H21F5N4O5. The number of carboxylic acid groups (broad SMARTS) is 1. The number of aromatic nitrogens is 4. The summed E-state index contributed by atoms with van der Waals surface area (Å²) in [7, 11) is 0. The molecule has 222 valence electrons. The Balaban J connectivity index is 1.25. The number of rotatable bonds is 9. The predicted molar refractivity (Wildman–Crippen MR) is 139 cm³/mol. The molecule has 1 aliphatic heterocycles. The van der Waals surface area contributed by atoms with Crippen LogP contribution in [0.5, 0.6) is 5.88 Å². The van der Waals surface area contributed by atoms with Crippen molar-refractivity contribution >= 4 is 17.0 Å². The maximum absolute atomic E-state index is 15.4. The van der Waals surface area contributed by atoms with Crippen molar-refractivity contribution in [3.05, 3.63) is 94.6 Å². The second-order valence-electron chi connectivity index (χ2n) is 9.85. The molecule has 9 nitrogen and oxygen atoms in total. The quantitative estimate of drug-likeness (QED) is 0.204. The van der Waals surface area contributed by atoms with E-state index in [0.717, 1.165) is 18.6 Å². The first-order chi connectivity index (χ1) is 20.5. The highest BCUT2D eigenvalue weighted by atomic mass is 19.4. The van der Waals surface area contributed by atoms with E-state index < -0.39 is 36.1 Å². The Morgan fingerprint density at radius 2 is 1.88 bits per heavy atom. The van der Waals surface area contributed by atoms with E-state index in [1.807, 2.05) is 0 Å². The Bertz CT molecular complexity index is 1830. The smallest absolute Gasteiger partial charge is 0.436 e. The number of halogens is 5. The molecule has 3 aromatic heterocycles. The Morgan fingerprint density at radius 1 is 1.07 bits per heavy atom. The summed E-state index contributed by atoms with van der Waals surface area (Å²) in [5.41, 5.74) is -0.187. The van der Waals surface area contributed by atoms with Crippen molar-refractivity contribution in [2.75, 3.05) is 6.61 Å². The third-order valence-electron chi connectivity index (χ3n) is 6.95. The van der Waals surface area contributed by atoms with E-state index in [0.29, 0.717) is 36.1 Å². The summed E-state index contributed by atoms with van der Waals surface area (Å²) >= 11 is 0. The van der Waals surface area contributed by atoms with E-state index in [1.54, 1.807) is 10.6 Å². The first-order valence-electron chi connectivity index (χ1n) is 13.0. The van der Waals surface area contributed by atoms with Gasteiger partial charge in [0.05, 0.1) is 34.9 Å². The summed E-state index contributed by atoms with van der Waals surface area (Å²) in [6.07, 6.45) is -4.06. The van der Waals surface area contributed by atoms with Crippen LogP contribution in [0.15, 0.2) is 59.1 Å². The first-order valence-corrected chi connectivity index (χ1v) is 13.0. The molecule has 0 unspecified atom stereocenters. The minimum Gasteiger partial charge on any atom is -0.478 e. The molecule has 14 heteroatoms. The van der Waals surface area contributed by atoms with Crippen LogP contribution < -0.4 is 4.74 Å². The standard InChI is InChI=1S/C29H21F5N4O5/c30-20-12-19(22-2-1-3-27(36-22)42-14-18-11-25(37-43-18)29(32,33)34)21(31)8-16(20)10-26-35-23-5-4-15(28(39)40)9-24(23)38(26)13-17-6-7-41-17/h1-5,8-9,11-12,17H,6-7,10,13-14H2,(H,39,40)/t17-/m0/s1. The normalized spacial score (nSPS) is 15.0. The Labute approximate surface area is 239 Å². The van der Waals surface area contributed by atoms with E-state index >= 15 is 8.78 Å². The number of benzene rings is 2. The van der Waals surface area contributed by atoms with Crippen molar-refractivity contribution in [3.8, 4) is 17.1 Å². The molecule has 2 aromatic carbocycles. The highest BCUT2D eigenvalue weighted by molar-refractivity contribution is 5.92. The number of carbonyl (C=O) groups is 1. The zero-order valence-electron chi connectivity index (χ0n) is 22.1. The fraction of sp³-hybridized carbons (Fsp3) is 0.241. The molecule has 0 radical (unpaired) electrons. The Morgan fingerprint density at radius 3 is 2.58 bits per heavy atom. The predicted octanol–water partition coefficient (Wildman–Crippen LogP) is 6.04. The second-order valence-corrected chi connectivity index (χ2v) is 9.85. The zero-order chi connectivity index (χ0) is 30.3. The fourth-order valence-corrected chi connectivity index (χ4v) is 4.67. The van der Waals surface area contributed by atoms with Gasteiger partial charge in [0.25, 0.3) is 0 Å². The summed E-state index contributed by atoms with van der Waals surface area (Å²) < 4.78 is 86.2. The maximum Gasteiger partial charge on any atom is 0.436 e. The van der Waals surface area contributed by atoms with Crippen LogP contribution >= 0.6 is 0 Å². The van der Waals surface area contributed by atoms with Crippen molar-refractivity contribution in [3.63, 3.8) is 0 Å². The van der Waals surface area contributed by atoms with Crippen molar-refractivity contribution < 1.29 is 45.8 Å². The molecule has 6 rings (SSSR count). The number of ether oxygens (including phenoxy) is 2. The van der Waals surface area contributed by atoms with E-state index in [-0.39, 0.29) is 46.5 Å². The third-order valence-corrected chi connectivity index (χ3v) is 6.95. The van der Waals surface area contributed by atoms with Gasteiger partial charge in [-0.2, -0.15) is 13.2 Å². The van der Waals surface area contributed by atoms with Crippen LogP contribution in [0.2, 0.25) is 0 Å². The van der Waals surface area contributed by atoms with Crippen LogP contribution in [0.1, 0.15) is 39.6 Å². The van der Waals surface area contributed by atoms with E-state index in [2.05, 4.69) is 19.6 Å².